The second kappa shape index (κ2) is 2.61. The van der Waals surface area contributed by atoms with Gasteiger partial charge in [0, 0.05) is 18.7 Å². The lowest BCUT2D eigenvalue weighted by Crippen LogP contribution is -2.01. The highest BCUT2D eigenvalue weighted by Gasteiger charge is 2.16. The number of aromatic nitrogens is 1. The summed E-state index contributed by atoms with van der Waals surface area (Å²) in [5.74, 6) is 0.768. The number of benzene rings is 1. The predicted molar refractivity (Wildman–Crippen MR) is 53.8 cm³/mol. The Balaban J connectivity index is 2.53. The molecule has 3 heteroatoms. The molecule has 70 valence electrons. The topological polar surface area (TPSA) is 42.1 Å². The van der Waals surface area contributed by atoms with Crippen LogP contribution in [0.15, 0.2) is 29.2 Å². The van der Waals surface area contributed by atoms with Crippen LogP contribution in [0.5, 0.6) is 5.75 Å². The molecule has 1 aliphatic rings. The average Bonchev–Trinajstić information content (AvgIpc) is 2.65. The summed E-state index contributed by atoms with van der Waals surface area (Å²) in [6, 6.07) is 5.48. The Kier molecular flexibility index (Phi) is 1.42. The molecule has 0 saturated heterocycles. The zero-order valence-electron chi connectivity index (χ0n) is 7.54. The van der Waals surface area contributed by atoms with Crippen molar-refractivity contribution < 1.29 is 4.74 Å². The van der Waals surface area contributed by atoms with Gasteiger partial charge in [-0.1, -0.05) is 6.07 Å². The monoisotopic (exact) mass is 187 g/mol. The van der Waals surface area contributed by atoms with Crippen LogP contribution in [0.25, 0.3) is 10.9 Å². The van der Waals surface area contributed by atoms with E-state index >= 15 is 0 Å². The molecule has 2 aromatic rings. The van der Waals surface area contributed by atoms with E-state index in [0.717, 1.165) is 23.3 Å². The first-order valence-electron chi connectivity index (χ1n) is 4.62. The quantitative estimate of drug-likeness (QED) is 0.678. The van der Waals surface area contributed by atoms with E-state index in [9.17, 15) is 4.79 Å². The highest BCUT2D eigenvalue weighted by atomic mass is 16.5. The maximum Gasteiger partial charge on any atom is 0.193 e. The van der Waals surface area contributed by atoms with E-state index in [-0.39, 0.29) is 5.43 Å². The fourth-order valence-electron chi connectivity index (χ4n) is 1.91. The number of ether oxygens (including phenoxy) is 1. The number of pyridine rings is 1. The molecule has 3 rings (SSSR count). The summed E-state index contributed by atoms with van der Waals surface area (Å²) in [5.41, 5.74) is 2.00. The minimum absolute atomic E-state index is 0.0255. The maximum atomic E-state index is 11.6. The standard InChI is InChI=1S/C11H9NO2/c13-9-3-5-12-8-2-1-7-4-6-14-11(7)10(8)9/h1-3,5H,4,6H2,(H,12,13). The van der Waals surface area contributed by atoms with Crippen LogP contribution < -0.4 is 10.2 Å². The fourth-order valence-corrected chi connectivity index (χ4v) is 1.91. The van der Waals surface area contributed by atoms with Gasteiger partial charge < -0.3 is 9.72 Å². The first-order chi connectivity index (χ1) is 6.86. The number of hydrogen-bond acceptors (Lipinski definition) is 2. The molecule has 0 unspecified atom stereocenters. The minimum atomic E-state index is 0.0255. The summed E-state index contributed by atoms with van der Waals surface area (Å²) in [6.07, 6.45) is 2.56. The number of hydrogen-bond donors (Lipinski definition) is 1. The Bertz CT molecular complexity index is 557. The maximum absolute atomic E-state index is 11.6. The van der Waals surface area contributed by atoms with Gasteiger partial charge in [-0.25, -0.2) is 0 Å². The molecule has 0 spiro atoms. The third-order valence-corrected chi connectivity index (χ3v) is 2.58. The fraction of sp³-hybridized carbons (Fsp3) is 0.182. The van der Waals surface area contributed by atoms with E-state index in [0.29, 0.717) is 12.0 Å². The van der Waals surface area contributed by atoms with Crippen molar-refractivity contribution in [2.75, 3.05) is 6.61 Å². The second-order valence-electron chi connectivity index (χ2n) is 3.42. The lowest BCUT2D eigenvalue weighted by molar-refractivity contribution is 0.360. The third kappa shape index (κ3) is 0.894. The Morgan fingerprint density at radius 3 is 3.14 bits per heavy atom. The Hall–Kier alpha value is -1.77. The molecule has 14 heavy (non-hydrogen) atoms. The van der Waals surface area contributed by atoms with Crippen molar-refractivity contribution in [2.45, 2.75) is 6.42 Å². The van der Waals surface area contributed by atoms with Crippen LogP contribution >= 0.6 is 0 Å². The molecule has 0 atom stereocenters. The summed E-state index contributed by atoms with van der Waals surface area (Å²) in [5, 5.41) is 0.683. The van der Waals surface area contributed by atoms with Gasteiger partial charge in [0.15, 0.2) is 5.43 Å². The van der Waals surface area contributed by atoms with Crippen LogP contribution in [0.3, 0.4) is 0 Å². The van der Waals surface area contributed by atoms with Crippen molar-refractivity contribution >= 4 is 10.9 Å². The smallest absolute Gasteiger partial charge is 0.193 e. The van der Waals surface area contributed by atoms with Crippen molar-refractivity contribution in [3.05, 3.63) is 40.2 Å². The molecule has 1 aliphatic heterocycles. The van der Waals surface area contributed by atoms with Crippen LogP contribution in [0.1, 0.15) is 5.56 Å². The molecule has 1 aromatic heterocycles. The van der Waals surface area contributed by atoms with Crippen LogP contribution in [0.2, 0.25) is 0 Å². The lowest BCUT2D eigenvalue weighted by Gasteiger charge is -2.02. The molecular weight excluding hydrogens is 178 g/mol. The second-order valence-corrected chi connectivity index (χ2v) is 3.42. The van der Waals surface area contributed by atoms with Gasteiger partial charge in [0.1, 0.15) is 5.75 Å². The Morgan fingerprint density at radius 2 is 2.21 bits per heavy atom. The third-order valence-electron chi connectivity index (χ3n) is 2.58. The summed E-state index contributed by atoms with van der Waals surface area (Å²) in [4.78, 5) is 14.7. The first-order valence-corrected chi connectivity index (χ1v) is 4.62. The SMILES string of the molecule is O=c1cc[nH]c2ccc3c(c12)OCC3. The van der Waals surface area contributed by atoms with Gasteiger partial charge >= 0.3 is 0 Å². The minimum Gasteiger partial charge on any atom is -0.492 e. The molecule has 1 aromatic carbocycles. The van der Waals surface area contributed by atoms with Gasteiger partial charge in [-0.15, -0.1) is 0 Å². The number of nitrogens with one attached hydrogen (secondary N) is 1. The number of H-pyrrole nitrogens is 1. The lowest BCUT2D eigenvalue weighted by atomic mass is 10.1. The van der Waals surface area contributed by atoms with Crippen LogP contribution in [0, 0.1) is 0 Å². The van der Waals surface area contributed by atoms with Crippen LogP contribution in [-0.4, -0.2) is 11.6 Å². The van der Waals surface area contributed by atoms with Gasteiger partial charge in [0.25, 0.3) is 0 Å². The summed E-state index contributed by atoms with van der Waals surface area (Å²) in [6.45, 7) is 0.683. The van der Waals surface area contributed by atoms with Crippen molar-refractivity contribution in [2.24, 2.45) is 0 Å². The first kappa shape index (κ1) is 7.62. The van der Waals surface area contributed by atoms with Gasteiger partial charge in [0.05, 0.1) is 17.5 Å². The van der Waals surface area contributed by atoms with Crippen molar-refractivity contribution in [3.63, 3.8) is 0 Å². The zero-order valence-corrected chi connectivity index (χ0v) is 7.54. The summed E-state index contributed by atoms with van der Waals surface area (Å²) in [7, 11) is 0. The molecule has 2 heterocycles. The molecular formula is C11H9NO2. The molecule has 0 bridgehead atoms. The molecule has 3 nitrogen and oxygen atoms in total. The number of aromatic amines is 1. The van der Waals surface area contributed by atoms with Crippen LogP contribution in [-0.2, 0) is 6.42 Å². The summed E-state index contributed by atoms with van der Waals surface area (Å²) < 4.78 is 5.47. The Morgan fingerprint density at radius 1 is 1.29 bits per heavy atom. The van der Waals surface area contributed by atoms with E-state index in [2.05, 4.69) is 4.98 Å². The normalized spacial score (nSPS) is 14.0. The van der Waals surface area contributed by atoms with E-state index in [1.54, 1.807) is 6.20 Å². The van der Waals surface area contributed by atoms with Gasteiger partial charge in [-0.2, -0.15) is 0 Å². The van der Waals surface area contributed by atoms with Crippen molar-refractivity contribution in [1.82, 2.24) is 4.98 Å². The van der Waals surface area contributed by atoms with Gasteiger partial charge in [-0.3, -0.25) is 4.79 Å². The van der Waals surface area contributed by atoms with Gasteiger partial charge in [0.2, 0.25) is 0 Å². The predicted octanol–water partition coefficient (Wildman–Crippen LogP) is 1.46. The van der Waals surface area contributed by atoms with E-state index in [1.807, 2.05) is 12.1 Å². The molecule has 0 saturated carbocycles. The zero-order chi connectivity index (χ0) is 9.54. The van der Waals surface area contributed by atoms with Crippen LogP contribution in [0.4, 0.5) is 0 Å². The Labute approximate surface area is 80.3 Å². The van der Waals surface area contributed by atoms with Crippen molar-refractivity contribution in [3.8, 4) is 5.75 Å². The molecule has 0 amide bonds. The van der Waals surface area contributed by atoms with Crippen molar-refractivity contribution in [1.29, 1.82) is 0 Å². The van der Waals surface area contributed by atoms with E-state index in [4.69, 9.17) is 4.74 Å². The summed E-state index contributed by atoms with van der Waals surface area (Å²) >= 11 is 0. The van der Waals surface area contributed by atoms with E-state index in [1.165, 1.54) is 6.07 Å². The average molecular weight is 187 g/mol. The van der Waals surface area contributed by atoms with E-state index < -0.39 is 0 Å². The molecule has 0 fully saturated rings. The highest BCUT2D eigenvalue weighted by Crippen LogP contribution is 2.30. The number of fused-ring (bicyclic) bond motifs is 3. The molecule has 1 N–H and O–H groups in total. The molecule has 0 aliphatic carbocycles. The van der Waals surface area contributed by atoms with Gasteiger partial charge in [-0.05, 0) is 11.6 Å². The number of rotatable bonds is 0. The largest absolute Gasteiger partial charge is 0.492 e. The molecule has 0 radical (unpaired) electrons. The highest BCUT2D eigenvalue weighted by molar-refractivity contribution is 5.86.